The highest BCUT2D eigenvalue weighted by Gasteiger charge is 2.25. The summed E-state index contributed by atoms with van der Waals surface area (Å²) in [7, 11) is 3.05. The number of aryl methyl sites for hydroxylation is 2. The summed E-state index contributed by atoms with van der Waals surface area (Å²) in [5.74, 6) is 0.702. The van der Waals surface area contributed by atoms with Crippen LogP contribution in [0.2, 0.25) is 0 Å². The van der Waals surface area contributed by atoms with E-state index in [2.05, 4.69) is 6.58 Å². The second-order valence-corrected chi connectivity index (χ2v) is 7.95. The monoisotopic (exact) mass is 438 g/mol. The average molecular weight is 439 g/mol. The SMILES string of the molecule is C=C1CCCCc2cc(c(OC)c(OC)c2OC(C)=O)-c2cc(ccc2OC(C)=O)CC1. The third-order valence-electron chi connectivity index (χ3n) is 5.50. The molecule has 0 radical (unpaired) electrons. The van der Waals surface area contributed by atoms with Crippen LogP contribution in [0.3, 0.4) is 0 Å². The van der Waals surface area contributed by atoms with Gasteiger partial charge in [-0.15, -0.1) is 0 Å². The molecule has 170 valence electrons. The highest BCUT2D eigenvalue weighted by atomic mass is 16.6. The maximum atomic E-state index is 11.8. The zero-order valence-electron chi connectivity index (χ0n) is 19.2. The van der Waals surface area contributed by atoms with E-state index in [0.717, 1.165) is 43.2 Å². The number of hydrogen-bond acceptors (Lipinski definition) is 6. The van der Waals surface area contributed by atoms with Crippen LogP contribution in [0.25, 0.3) is 11.1 Å². The summed E-state index contributed by atoms with van der Waals surface area (Å²) in [6, 6.07) is 7.72. The molecular formula is C26H30O6. The van der Waals surface area contributed by atoms with E-state index in [-0.39, 0.29) is 0 Å². The van der Waals surface area contributed by atoms with Gasteiger partial charge in [0.2, 0.25) is 5.75 Å². The number of hydrogen-bond donors (Lipinski definition) is 0. The number of rotatable bonds is 4. The lowest BCUT2D eigenvalue weighted by molar-refractivity contribution is -0.132. The summed E-state index contributed by atoms with van der Waals surface area (Å²) < 4.78 is 22.5. The van der Waals surface area contributed by atoms with Gasteiger partial charge in [-0.3, -0.25) is 9.59 Å². The van der Waals surface area contributed by atoms with Gasteiger partial charge >= 0.3 is 11.9 Å². The van der Waals surface area contributed by atoms with Crippen LogP contribution in [-0.2, 0) is 22.4 Å². The molecule has 32 heavy (non-hydrogen) atoms. The van der Waals surface area contributed by atoms with E-state index < -0.39 is 11.9 Å². The molecule has 6 nitrogen and oxygen atoms in total. The predicted molar refractivity (Wildman–Crippen MR) is 123 cm³/mol. The quantitative estimate of drug-likeness (QED) is 0.360. The van der Waals surface area contributed by atoms with Crippen molar-refractivity contribution in [3.63, 3.8) is 0 Å². The molecule has 6 heteroatoms. The number of esters is 2. The third-order valence-corrected chi connectivity index (χ3v) is 5.50. The normalized spacial score (nSPS) is 13.8. The van der Waals surface area contributed by atoms with Gasteiger partial charge in [-0.1, -0.05) is 18.2 Å². The zero-order valence-corrected chi connectivity index (χ0v) is 19.2. The molecule has 4 bridgehead atoms. The van der Waals surface area contributed by atoms with Gasteiger partial charge in [0.1, 0.15) is 5.75 Å². The van der Waals surface area contributed by atoms with E-state index >= 15 is 0 Å². The Hall–Kier alpha value is -3.28. The predicted octanol–water partition coefficient (Wildman–Crippen LogP) is 5.44. The van der Waals surface area contributed by atoms with Crippen LogP contribution < -0.4 is 18.9 Å². The van der Waals surface area contributed by atoms with Crippen molar-refractivity contribution in [1.29, 1.82) is 0 Å². The standard InChI is InChI=1S/C26H30O6/c1-16-8-6-7-9-20-15-22(25(29-4)26(30-5)24(20)32-18(3)28)21-14-19(11-10-16)12-13-23(21)31-17(2)27/h12-15H,1,6-11H2,2-5H3. The van der Waals surface area contributed by atoms with Gasteiger partial charge in [0.25, 0.3) is 0 Å². The lowest BCUT2D eigenvalue weighted by Crippen LogP contribution is -2.08. The lowest BCUT2D eigenvalue weighted by atomic mass is 9.95. The maximum Gasteiger partial charge on any atom is 0.308 e. The van der Waals surface area contributed by atoms with E-state index in [9.17, 15) is 9.59 Å². The molecular weight excluding hydrogens is 408 g/mol. The molecule has 2 aromatic rings. The van der Waals surface area contributed by atoms with E-state index in [1.807, 2.05) is 18.2 Å². The second kappa shape index (κ2) is 10.4. The molecule has 0 heterocycles. The molecule has 0 N–H and O–H groups in total. The molecule has 0 aromatic heterocycles. The Labute approximate surface area is 189 Å². The number of carbonyl (C=O) groups is 2. The van der Waals surface area contributed by atoms with Crippen LogP contribution in [0.15, 0.2) is 36.4 Å². The highest BCUT2D eigenvalue weighted by Crippen LogP contribution is 2.49. The van der Waals surface area contributed by atoms with E-state index in [0.29, 0.717) is 40.5 Å². The Bertz CT molecular complexity index is 1040. The molecule has 2 aromatic carbocycles. The van der Waals surface area contributed by atoms with Crippen LogP contribution in [0.1, 0.15) is 50.7 Å². The molecule has 1 aliphatic rings. The van der Waals surface area contributed by atoms with Crippen molar-refractivity contribution in [2.24, 2.45) is 0 Å². The largest absolute Gasteiger partial charge is 0.492 e. The molecule has 0 atom stereocenters. The van der Waals surface area contributed by atoms with Crippen molar-refractivity contribution in [3.05, 3.63) is 47.5 Å². The summed E-state index contributed by atoms with van der Waals surface area (Å²) in [5, 5.41) is 0. The fourth-order valence-corrected chi connectivity index (χ4v) is 4.03. The fourth-order valence-electron chi connectivity index (χ4n) is 4.03. The molecule has 1 aliphatic carbocycles. The summed E-state index contributed by atoms with van der Waals surface area (Å²) in [6.45, 7) is 6.95. The van der Waals surface area contributed by atoms with Crippen molar-refractivity contribution in [2.75, 3.05) is 14.2 Å². The molecule has 0 saturated heterocycles. The van der Waals surface area contributed by atoms with E-state index in [4.69, 9.17) is 18.9 Å². The Morgan fingerprint density at radius 2 is 1.47 bits per heavy atom. The smallest absolute Gasteiger partial charge is 0.308 e. The van der Waals surface area contributed by atoms with E-state index in [1.54, 1.807) is 6.07 Å². The first-order valence-corrected chi connectivity index (χ1v) is 10.8. The van der Waals surface area contributed by atoms with Gasteiger partial charge in [0.15, 0.2) is 11.5 Å². The van der Waals surface area contributed by atoms with E-state index in [1.165, 1.54) is 33.6 Å². The first-order valence-electron chi connectivity index (χ1n) is 10.8. The van der Waals surface area contributed by atoms with Crippen molar-refractivity contribution in [3.8, 4) is 34.1 Å². The average Bonchev–Trinajstić information content (AvgIpc) is 2.75. The number of methoxy groups -OCH3 is 2. The van der Waals surface area contributed by atoms with Crippen LogP contribution in [0, 0.1) is 0 Å². The maximum absolute atomic E-state index is 11.8. The fraction of sp³-hybridized carbons (Fsp3) is 0.385. The van der Waals surface area contributed by atoms with Gasteiger partial charge in [-0.05, 0) is 67.9 Å². The molecule has 0 fully saturated rings. The lowest BCUT2D eigenvalue weighted by Gasteiger charge is -2.21. The van der Waals surface area contributed by atoms with Crippen LogP contribution >= 0.6 is 0 Å². The zero-order chi connectivity index (χ0) is 23.3. The molecule has 3 rings (SSSR count). The van der Waals surface area contributed by atoms with Gasteiger partial charge in [-0.25, -0.2) is 0 Å². The third kappa shape index (κ3) is 5.31. The van der Waals surface area contributed by atoms with Gasteiger partial charge in [0, 0.05) is 25.0 Å². The Balaban J connectivity index is 2.31. The number of carbonyl (C=O) groups excluding carboxylic acids is 2. The van der Waals surface area contributed by atoms with Crippen LogP contribution in [0.4, 0.5) is 0 Å². The van der Waals surface area contributed by atoms with Gasteiger partial charge in [0.05, 0.1) is 14.2 Å². The number of allylic oxidation sites excluding steroid dienone is 1. The first kappa shape index (κ1) is 23.4. The van der Waals surface area contributed by atoms with Gasteiger partial charge < -0.3 is 18.9 Å². The Kier molecular flexibility index (Phi) is 7.57. The number of benzene rings is 2. The minimum atomic E-state index is -0.437. The summed E-state index contributed by atoms with van der Waals surface area (Å²) in [4.78, 5) is 23.6. The van der Waals surface area contributed by atoms with Crippen molar-refractivity contribution in [2.45, 2.75) is 52.4 Å². The second-order valence-electron chi connectivity index (χ2n) is 7.95. The Morgan fingerprint density at radius 3 is 2.12 bits per heavy atom. The molecule has 0 unspecified atom stereocenters. The number of ether oxygens (including phenoxy) is 4. The molecule has 0 spiro atoms. The first-order chi connectivity index (χ1) is 15.3. The topological polar surface area (TPSA) is 71.1 Å². The number of fused-ring (bicyclic) bond motifs is 5. The summed E-state index contributed by atoms with van der Waals surface area (Å²) in [5.41, 5.74) is 4.57. The molecule has 0 amide bonds. The minimum absolute atomic E-state index is 0.341. The minimum Gasteiger partial charge on any atom is -0.492 e. The Morgan fingerprint density at radius 1 is 0.781 bits per heavy atom. The van der Waals surface area contributed by atoms with Crippen molar-refractivity contribution < 1.29 is 28.5 Å². The highest BCUT2D eigenvalue weighted by molar-refractivity contribution is 5.85. The molecule has 0 aliphatic heterocycles. The van der Waals surface area contributed by atoms with Crippen LogP contribution in [0.5, 0.6) is 23.0 Å². The van der Waals surface area contributed by atoms with Crippen molar-refractivity contribution >= 4 is 11.9 Å². The summed E-state index contributed by atoms with van der Waals surface area (Å²) >= 11 is 0. The van der Waals surface area contributed by atoms with Crippen molar-refractivity contribution in [1.82, 2.24) is 0 Å². The molecule has 0 saturated carbocycles. The van der Waals surface area contributed by atoms with Crippen LogP contribution in [-0.4, -0.2) is 26.2 Å². The van der Waals surface area contributed by atoms with Gasteiger partial charge in [-0.2, -0.15) is 0 Å². The summed E-state index contributed by atoms with van der Waals surface area (Å²) in [6.07, 6.45) is 5.25.